The summed E-state index contributed by atoms with van der Waals surface area (Å²) in [5.74, 6) is 1.22. The Kier molecular flexibility index (Phi) is 7.97. The van der Waals surface area contributed by atoms with Crippen LogP contribution in [0.3, 0.4) is 0 Å². The van der Waals surface area contributed by atoms with Crippen molar-refractivity contribution in [1.82, 2.24) is 14.3 Å². The summed E-state index contributed by atoms with van der Waals surface area (Å²) in [6, 6.07) is 18.2. The molecule has 0 amide bonds. The number of nitrogens with one attached hydrogen (secondary N) is 1. The molecule has 188 valence electrons. The Balaban J connectivity index is 0.00000304. The molecule has 2 heterocycles. The molecule has 0 unspecified atom stereocenters. The second kappa shape index (κ2) is 11.0. The van der Waals surface area contributed by atoms with Gasteiger partial charge in [-0.1, -0.05) is 29.8 Å². The van der Waals surface area contributed by atoms with E-state index in [1.165, 1.54) is 10.6 Å². The van der Waals surface area contributed by atoms with E-state index >= 15 is 0 Å². The first-order valence-corrected chi connectivity index (χ1v) is 12.8. The normalized spacial score (nSPS) is 14.3. The zero-order valence-electron chi connectivity index (χ0n) is 19.3. The van der Waals surface area contributed by atoms with E-state index in [1.54, 1.807) is 31.4 Å². The lowest BCUT2D eigenvalue weighted by atomic mass is 10.0. The largest absolute Gasteiger partial charge is 0.495 e. The van der Waals surface area contributed by atoms with E-state index in [9.17, 15) is 8.42 Å². The van der Waals surface area contributed by atoms with E-state index in [4.69, 9.17) is 21.1 Å². The Labute approximate surface area is 220 Å². The summed E-state index contributed by atoms with van der Waals surface area (Å²) in [6.45, 7) is 1.55. The van der Waals surface area contributed by atoms with Crippen molar-refractivity contribution in [3.05, 3.63) is 72.0 Å². The third kappa shape index (κ3) is 5.25. The van der Waals surface area contributed by atoms with E-state index in [1.807, 2.05) is 36.4 Å². The molecule has 0 spiro atoms. The van der Waals surface area contributed by atoms with Crippen LogP contribution in [-0.2, 0) is 14.8 Å². The average Bonchev–Trinajstić information content (AvgIpc) is 2.89. The highest BCUT2D eigenvalue weighted by Gasteiger charge is 2.26. The zero-order chi connectivity index (χ0) is 24.4. The molecule has 1 aromatic heterocycles. The number of anilines is 2. The van der Waals surface area contributed by atoms with Gasteiger partial charge in [-0.2, -0.15) is 4.31 Å². The summed E-state index contributed by atoms with van der Waals surface area (Å²) in [7, 11) is -1.97. The summed E-state index contributed by atoms with van der Waals surface area (Å²) in [4.78, 5) is 9.05. The van der Waals surface area contributed by atoms with Gasteiger partial charge < -0.3 is 14.8 Å². The number of sulfonamides is 1. The number of methoxy groups -OCH3 is 1. The Hall–Kier alpha value is -2.95. The van der Waals surface area contributed by atoms with Gasteiger partial charge in [0.15, 0.2) is 0 Å². The molecule has 0 radical (unpaired) electrons. The Bertz CT molecular complexity index is 1480. The van der Waals surface area contributed by atoms with Crippen LogP contribution in [-0.4, -0.2) is 56.1 Å². The van der Waals surface area contributed by atoms with Gasteiger partial charge in [0.2, 0.25) is 10.0 Å². The van der Waals surface area contributed by atoms with Gasteiger partial charge in [0.25, 0.3) is 0 Å². The van der Waals surface area contributed by atoms with E-state index in [2.05, 4.69) is 15.3 Å². The van der Waals surface area contributed by atoms with Crippen molar-refractivity contribution in [1.29, 1.82) is 0 Å². The number of rotatable bonds is 6. The standard InChI is InChI=1S/C25H23ClN4O4S.ClH/c1-33-24-9-5-19(15-22(24)26)29-25-21-14-18(4-8-23(21)27-16-28-25)17-2-6-20(7-3-17)35(31,32)30-10-12-34-13-11-30;/h2-9,14-16H,10-13H2,1H3,(H,27,28,29);1H. The van der Waals surface area contributed by atoms with Crippen LogP contribution >= 0.6 is 24.0 Å². The van der Waals surface area contributed by atoms with Gasteiger partial charge >= 0.3 is 0 Å². The SMILES string of the molecule is COc1ccc(Nc2ncnc3ccc(-c4ccc(S(=O)(=O)N5CCOCC5)cc4)cc23)cc1Cl.Cl. The maximum atomic E-state index is 12.9. The van der Waals surface area contributed by atoms with Crippen molar-refractivity contribution < 1.29 is 17.9 Å². The first-order chi connectivity index (χ1) is 17.0. The third-order valence-electron chi connectivity index (χ3n) is 5.85. The maximum Gasteiger partial charge on any atom is 0.243 e. The van der Waals surface area contributed by atoms with Crippen LogP contribution in [0.1, 0.15) is 0 Å². The molecule has 36 heavy (non-hydrogen) atoms. The van der Waals surface area contributed by atoms with Gasteiger partial charge in [0.05, 0.1) is 35.8 Å². The fraction of sp³-hybridized carbons (Fsp3) is 0.200. The summed E-state index contributed by atoms with van der Waals surface area (Å²) < 4.78 is 37.8. The van der Waals surface area contributed by atoms with Crippen molar-refractivity contribution >= 4 is 56.4 Å². The number of halogens is 2. The van der Waals surface area contributed by atoms with Gasteiger partial charge in [0.1, 0.15) is 17.9 Å². The number of benzene rings is 3. The number of ether oxygens (including phenoxy) is 2. The molecule has 0 aliphatic carbocycles. The molecule has 1 aliphatic heterocycles. The second-order valence-electron chi connectivity index (χ2n) is 7.97. The molecular weight excluding hydrogens is 523 g/mol. The monoisotopic (exact) mass is 546 g/mol. The first-order valence-electron chi connectivity index (χ1n) is 11.0. The Morgan fingerprint density at radius 3 is 2.39 bits per heavy atom. The number of morpholine rings is 1. The predicted octanol–water partition coefficient (Wildman–Crippen LogP) is 5.15. The molecule has 1 aliphatic rings. The molecule has 3 aromatic carbocycles. The fourth-order valence-corrected chi connectivity index (χ4v) is 5.64. The highest BCUT2D eigenvalue weighted by Crippen LogP contribution is 2.32. The molecule has 0 bridgehead atoms. The van der Waals surface area contributed by atoms with Crippen LogP contribution in [0.5, 0.6) is 5.75 Å². The molecule has 5 rings (SSSR count). The van der Waals surface area contributed by atoms with Crippen LogP contribution in [0.2, 0.25) is 5.02 Å². The van der Waals surface area contributed by atoms with Crippen LogP contribution in [0.25, 0.3) is 22.0 Å². The lowest BCUT2D eigenvalue weighted by molar-refractivity contribution is 0.0730. The minimum Gasteiger partial charge on any atom is -0.495 e. The van der Waals surface area contributed by atoms with E-state index in [0.29, 0.717) is 42.9 Å². The van der Waals surface area contributed by atoms with Crippen molar-refractivity contribution in [3.63, 3.8) is 0 Å². The lowest BCUT2D eigenvalue weighted by Gasteiger charge is -2.26. The Morgan fingerprint density at radius 2 is 1.69 bits per heavy atom. The summed E-state index contributed by atoms with van der Waals surface area (Å²) in [6.07, 6.45) is 1.50. The Morgan fingerprint density at radius 1 is 0.972 bits per heavy atom. The highest BCUT2D eigenvalue weighted by molar-refractivity contribution is 7.89. The van der Waals surface area contributed by atoms with Crippen molar-refractivity contribution in [2.45, 2.75) is 4.90 Å². The van der Waals surface area contributed by atoms with Gasteiger partial charge in [-0.05, 0) is 53.6 Å². The van der Waals surface area contributed by atoms with Crippen molar-refractivity contribution in [3.8, 4) is 16.9 Å². The number of nitrogens with zero attached hydrogens (tertiary/aromatic N) is 3. The van der Waals surface area contributed by atoms with Gasteiger partial charge in [-0.25, -0.2) is 18.4 Å². The average molecular weight is 547 g/mol. The number of hydrogen-bond acceptors (Lipinski definition) is 7. The molecule has 8 nitrogen and oxygen atoms in total. The molecule has 11 heteroatoms. The first kappa shape index (κ1) is 26.1. The topological polar surface area (TPSA) is 93.7 Å². The minimum atomic E-state index is -3.54. The highest BCUT2D eigenvalue weighted by atomic mass is 35.5. The smallest absolute Gasteiger partial charge is 0.243 e. The van der Waals surface area contributed by atoms with E-state index in [-0.39, 0.29) is 17.3 Å². The number of hydrogen-bond donors (Lipinski definition) is 1. The molecule has 0 atom stereocenters. The van der Waals surface area contributed by atoms with Gasteiger partial charge in [0, 0.05) is 24.2 Å². The molecule has 4 aromatic rings. The second-order valence-corrected chi connectivity index (χ2v) is 10.3. The van der Waals surface area contributed by atoms with Crippen LogP contribution in [0, 0.1) is 0 Å². The van der Waals surface area contributed by atoms with Crippen LogP contribution < -0.4 is 10.1 Å². The predicted molar refractivity (Wildman–Crippen MR) is 143 cm³/mol. The quantitative estimate of drug-likeness (QED) is 0.357. The van der Waals surface area contributed by atoms with Crippen LogP contribution in [0.4, 0.5) is 11.5 Å². The molecular formula is C25H24Cl2N4O4S. The van der Waals surface area contributed by atoms with E-state index in [0.717, 1.165) is 27.7 Å². The molecule has 1 fully saturated rings. The van der Waals surface area contributed by atoms with Gasteiger partial charge in [-0.15, -0.1) is 12.4 Å². The molecule has 1 N–H and O–H groups in total. The summed E-state index contributed by atoms with van der Waals surface area (Å²) in [5, 5.41) is 4.61. The minimum absolute atomic E-state index is 0. The third-order valence-corrected chi connectivity index (χ3v) is 8.05. The summed E-state index contributed by atoms with van der Waals surface area (Å²) >= 11 is 6.26. The summed E-state index contributed by atoms with van der Waals surface area (Å²) in [5.41, 5.74) is 3.34. The maximum absolute atomic E-state index is 12.9. The van der Waals surface area contributed by atoms with E-state index < -0.39 is 10.0 Å². The van der Waals surface area contributed by atoms with Gasteiger partial charge in [-0.3, -0.25) is 0 Å². The number of aromatic nitrogens is 2. The fourth-order valence-electron chi connectivity index (χ4n) is 3.97. The van der Waals surface area contributed by atoms with Crippen molar-refractivity contribution in [2.24, 2.45) is 0 Å². The molecule has 0 saturated carbocycles. The number of fused-ring (bicyclic) bond motifs is 1. The van der Waals surface area contributed by atoms with Crippen LogP contribution in [0.15, 0.2) is 71.9 Å². The van der Waals surface area contributed by atoms with Crippen molar-refractivity contribution in [2.75, 3.05) is 38.7 Å². The lowest BCUT2D eigenvalue weighted by Crippen LogP contribution is -2.40. The molecule has 1 saturated heterocycles. The zero-order valence-corrected chi connectivity index (χ0v) is 21.7.